The maximum Gasteiger partial charge on any atom is 0.222 e. The van der Waals surface area contributed by atoms with Crippen LogP contribution in [-0.2, 0) is 17.6 Å². The lowest BCUT2D eigenvalue weighted by Crippen LogP contribution is -2.31. The Morgan fingerprint density at radius 3 is 2.57 bits per heavy atom. The summed E-state index contributed by atoms with van der Waals surface area (Å²) in [6.07, 6.45) is 4.26. The number of aliphatic hydroxyl groups is 1. The van der Waals surface area contributed by atoms with E-state index in [-0.39, 0.29) is 12.0 Å². The molecule has 0 aromatic heterocycles. The summed E-state index contributed by atoms with van der Waals surface area (Å²) >= 11 is 0. The molecule has 1 heterocycles. The molecule has 3 heteroatoms. The highest BCUT2D eigenvalue weighted by Gasteiger charge is 2.42. The number of rotatable bonds is 4. The highest BCUT2D eigenvalue weighted by atomic mass is 16.3. The fourth-order valence-electron chi connectivity index (χ4n) is 3.79. The molecule has 3 rings (SSSR count). The Balaban J connectivity index is 1.50. The Labute approximate surface area is 127 Å². The number of benzene rings is 1. The number of likely N-dealkylation sites (tertiary alicyclic amines) is 1. The second-order valence-corrected chi connectivity index (χ2v) is 6.54. The summed E-state index contributed by atoms with van der Waals surface area (Å²) in [5.41, 5.74) is 2.58. The molecule has 1 aliphatic heterocycles. The molecule has 2 aliphatic rings. The molecule has 1 aromatic rings. The number of fused-ring (bicyclic) bond motifs is 1. The predicted molar refractivity (Wildman–Crippen MR) is 82.9 cm³/mol. The summed E-state index contributed by atoms with van der Waals surface area (Å²) in [7, 11) is 0. The van der Waals surface area contributed by atoms with Gasteiger partial charge in [-0.05, 0) is 42.7 Å². The highest BCUT2D eigenvalue weighted by molar-refractivity contribution is 5.76. The Hall–Kier alpha value is -1.35. The van der Waals surface area contributed by atoms with Crippen molar-refractivity contribution in [3.8, 4) is 0 Å². The van der Waals surface area contributed by atoms with Crippen molar-refractivity contribution >= 4 is 5.91 Å². The van der Waals surface area contributed by atoms with Gasteiger partial charge in [0.05, 0.1) is 6.10 Å². The van der Waals surface area contributed by atoms with Gasteiger partial charge in [-0.3, -0.25) is 4.79 Å². The van der Waals surface area contributed by atoms with Gasteiger partial charge in [0.15, 0.2) is 0 Å². The van der Waals surface area contributed by atoms with E-state index in [4.69, 9.17) is 0 Å². The van der Waals surface area contributed by atoms with Crippen molar-refractivity contribution in [3.05, 3.63) is 35.4 Å². The highest BCUT2D eigenvalue weighted by Crippen LogP contribution is 2.38. The average molecular weight is 287 g/mol. The summed E-state index contributed by atoms with van der Waals surface area (Å²) in [6, 6.07) is 8.57. The number of nitrogens with zero attached hydrogens (tertiary/aromatic N) is 1. The van der Waals surface area contributed by atoms with Crippen LogP contribution in [0.15, 0.2) is 24.3 Å². The summed E-state index contributed by atoms with van der Waals surface area (Å²) in [6.45, 7) is 3.77. The zero-order valence-electron chi connectivity index (χ0n) is 12.8. The normalized spacial score (nSPS) is 27.9. The van der Waals surface area contributed by atoms with Crippen LogP contribution >= 0.6 is 0 Å². The van der Waals surface area contributed by atoms with Crippen LogP contribution in [0.3, 0.4) is 0 Å². The standard InChI is InChI=1S/C18H25NO2/c1-2-13-3-5-14(6-4-13)7-10-18(21)19-11-15-8-9-17(20)16(15)12-19/h3-6,15-17,20H,2,7-12H2,1H3. The number of hydrogen-bond acceptors (Lipinski definition) is 2. The minimum atomic E-state index is -0.186. The van der Waals surface area contributed by atoms with Crippen LogP contribution in [0, 0.1) is 11.8 Å². The SMILES string of the molecule is CCc1ccc(CCC(=O)N2CC3CCC(O)C3C2)cc1. The van der Waals surface area contributed by atoms with E-state index in [9.17, 15) is 9.90 Å². The molecule has 114 valence electrons. The van der Waals surface area contributed by atoms with E-state index in [0.717, 1.165) is 38.8 Å². The topological polar surface area (TPSA) is 40.5 Å². The lowest BCUT2D eigenvalue weighted by molar-refractivity contribution is -0.130. The number of amides is 1. The van der Waals surface area contributed by atoms with Gasteiger partial charge in [0.25, 0.3) is 0 Å². The summed E-state index contributed by atoms with van der Waals surface area (Å²) in [5.74, 6) is 1.11. The van der Waals surface area contributed by atoms with Crippen LogP contribution in [0.2, 0.25) is 0 Å². The van der Waals surface area contributed by atoms with Gasteiger partial charge in [-0.1, -0.05) is 31.2 Å². The summed E-state index contributed by atoms with van der Waals surface area (Å²) in [5, 5.41) is 9.92. The second kappa shape index (κ2) is 6.18. The third kappa shape index (κ3) is 3.13. The molecule has 1 saturated carbocycles. The Kier molecular flexibility index (Phi) is 4.29. The third-order valence-corrected chi connectivity index (χ3v) is 5.23. The zero-order valence-corrected chi connectivity index (χ0v) is 12.8. The molecule has 3 unspecified atom stereocenters. The van der Waals surface area contributed by atoms with Gasteiger partial charge in [0.1, 0.15) is 0 Å². The van der Waals surface area contributed by atoms with E-state index in [1.54, 1.807) is 0 Å². The van der Waals surface area contributed by atoms with Crippen molar-refractivity contribution in [2.75, 3.05) is 13.1 Å². The molecule has 0 bridgehead atoms. The molecule has 1 N–H and O–H groups in total. The van der Waals surface area contributed by atoms with Crippen LogP contribution in [0.5, 0.6) is 0 Å². The van der Waals surface area contributed by atoms with Crippen molar-refractivity contribution in [2.24, 2.45) is 11.8 Å². The molecule has 1 aromatic carbocycles. The lowest BCUT2D eigenvalue weighted by atomic mass is 10.00. The van der Waals surface area contributed by atoms with Gasteiger partial charge >= 0.3 is 0 Å². The number of hydrogen-bond donors (Lipinski definition) is 1. The average Bonchev–Trinajstić information content (AvgIpc) is 3.08. The van der Waals surface area contributed by atoms with Gasteiger partial charge in [-0.25, -0.2) is 0 Å². The van der Waals surface area contributed by atoms with E-state index in [0.29, 0.717) is 18.3 Å². The largest absolute Gasteiger partial charge is 0.393 e. The van der Waals surface area contributed by atoms with Crippen LogP contribution in [0.1, 0.15) is 37.3 Å². The molecule has 0 radical (unpaired) electrons. The number of carbonyl (C=O) groups is 1. The summed E-state index contributed by atoms with van der Waals surface area (Å²) in [4.78, 5) is 14.3. The van der Waals surface area contributed by atoms with Crippen LogP contribution in [-0.4, -0.2) is 35.1 Å². The van der Waals surface area contributed by atoms with Crippen LogP contribution in [0.25, 0.3) is 0 Å². The third-order valence-electron chi connectivity index (χ3n) is 5.23. The molecule has 0 spiro atoms. The van der Waals surface area contributed by atoms with Crippen molar-refractivity contribution in [1.29, 1.82) is 0 Å². The molecular weight excluding hydrogens is 262 g/mol. The molecule has 1 saturated heterocycles. The monoisotopic (exact) mass is 287 g/mol. The Morgan fingerprint density at radius 2 is 1.90 bits per heavy atom. The van der Waals surface area contributed by atoms with Crippen LogP contribution in [0.4, 0.5) is 0 Å². The van der Waals surface area contributed by atoms with E-state index < -0.39 is 0 Å². The molecule has 21 heavy (non-hydrogen) atoms. The van der Waals surface area contributed by atoms with Gasteiger partial charge < -0.3 is 10.0 Å². The van der Waals surface area contributed by atoms with E-state index >= 15 is 0 Å². The first-order chi connectivity index (χ1) is 10.2. The minimum Gasteiger partial charge on any atom is -0.393 e. The Morgan fingerprint density at radius 1 is 1.19 bits per heavy atom. The van der Waals surface area contributed by atoms with Crippen molar-refractivity contribution in [1.82, 2.24) is 4.90 Å². The van der Waals surface area contributed by atoms with E-state index in [1.807, 2.05) is 4.90 Å². The molecule has 1 aliphatic carbocycles. The van der Waals surface area contributed by atoms with E-state index in [1.165, 1.54) is 11.1 Å². The maximum absolute atomic E-state index is 12.3. The molecular formula is C18H25NO2. The fourth-order valence-corrected chi connectivity index (χ4v) is 3.79. The van der Waals surface area contributed by atoms with Crippen molar-refractivity contribution < 1.29 is 9.90 Å². The lowest BCUT2D eigenvalue weighted by Gasteiger charge is -2.18. The van der Waals surface area contributed by atoms with Crippen molar-refractivity contribution in [2.45, 2.75) is 45.1 Å². The first kappa shape index (κ1) is 14.6. The molecule has 3 atom stereocenters. The fraction of sp³-hybridized carbons (Fsp3) is 0.611. The molecule has 2 fully saturated rings. The predicted octanol–water partition coefficient (Wildman–Crippen LogP) is 2.41. The summed E-state index contributed by atoms with van der Waals surface area (Å²) < 4.78 is 0. The number of aryl methyl sites for hydroxylation is 2. The molecule has 3 nitrogen and oxygen atoms in total. The van der Waals surface area contributed by atoms with Gasteiger partial charge in [-0.15, -0.1) is 0 Å². The minimum absolute atomic E-state index is 0.186. The maximum atomic E-state index is 12.3. The zero-order chi connectivity index (χ0) is 14.8. The second-order valence-electron chi connectivity index (χ2n) is 6.54. The van der Waals surface area contributed by atoms with Gasteiger partial charge in [-0.2, -0.15) is 0 Å². The molecule has 1 amide bonds. The van der Waals surface area contributed by atoms with Crippen molar-refractivity contribution in [3.63, 3.8) is 0 Å². The Bertz CT molecular complexity index is 496. The van der Waals surface area contributed by atoms with E-state index in [2.05, 4.69) is 31.2 Å². The first-order valence-corrected chi connectivity index (χ1v) is 8.21. The number of aliphatic hydroxyl groups excluding tert-OH is 1. The number of carbonyl (C=O) groups excluding carboxylic acids is 1. The quantitative estimate of drug-likeness (QED) is 0.924. The first-order valence-electron chi connectivity index (χ1n) is 8.21. The smallest absolute Gasteiger partial charge is 0.222 e. The van der Waals surface area contributed by atoms with Gasteiger partial charge in [0.2, 0.25) is 5.91 Å². The van der Waals surface area contributed by atoms with Gasteiger partial charge in [0, 0.05) is 25.4 Å². The van der Waals surface area contributed by atoms with Crippen LogP contribution < -0.4 is 0 Å².